The standard InChI is InChI=1S/C11H20N2O3/c1-3-10(14)13-7-5-6-9(8-13)12-11(15)16-4-2/h9H,3-8H2,1-2H3,(H,12,15)/t9-/m0/s1. The molecule has 16 heavy (non-hydrogen) atoms. The molecule has 1 aliphatic heterocycles. The van der Waals surface area contributed by atoms with Crippen LogP contribution < -0.4 is 5.32 Å². The van der Waals surface area contributed by atoms with Crippen molar-refractivity contribution in [2.24, 2.45) is 0 Å². The number of carbonyl (C=O) groups excluding carboxylic acids is 2. The van der Waals surface area contributed by atoms with Crippen molar-refractivity contribution in [1.29, 1.82) is 0 Å². The van der Waals surface area contributed by atoms with Gasteiger partial charge in [-0.2, -0.15) is 0 Å². The van der Waals surface area contributed by atoms with Crippen molar-refractivity contribution in [3.8, 4) is 0 Å². The highest BCUT2D eigenvalue weighted by Crippen LogP contribution is 2.11. The Morgan fingerprint density at radius 2 is 2.19 bits per heavy atom. The fourth-order valence-electron chi connectivity index (χ4n) is 1.88. The number of carbonyl (C=O) groups is 2. The van der Waals surface area contributed by atoms with Gasteiger partial charge in [-0.25, -0.2) is 4.79 Å². The van der Waals surface area contributed by atoms with Gasteiger partial charge in [0.15, 0.2) is 0 Å². The Kier molecular flexibility index (Phi) is 5.08. The smallest absolute Gasteiger partial charge is 0.407 e. The highest BCUT2D eigenvalue weighted by Gasteiger charge is 2.23. The van der Waals surface area contributed by atoms with Crippen molar-refractivity contribution in [2.75, 3.05) is 19.7 Å². The number of nitrogens with zero attached hydrogens (tertiary/aromatic N) is 1. The molecule has 1 saturated heterocycles. The lowest BCUT2D eigenvalue weighted by atomic mass is 10.1. The minimum atomic E-state index is -0.390. The van der Waals surface area contributed by atoms with Gasteiger partial charge in [0.25, 0.3) is 0 Å². The summed E-state index contributed by atoms with van der Waals surface area (Å²) in [7, 11) is 0. The average Bonchev–Trinajstić information content (AvgIpc) is 2.28. The molecule has 0 aromatic heterocycles. The van der Waals surface area contributed by atoms with Crippen LogP contribution in [0.15, 0.2) is 0 Å². The summed E-state index contributed by atoms with van der Waals surface area (Å²) in [5.41, 5.74) is 0. The quantitative estimate of drug-likeness (QED) is 0.788. The van der Waals surface area contributed by atoms with Crippen LogP contribution in [0.25, 0.3) is 0 Å². The molecule has 1 atom stereocenters. The van der Waals surface area contributed by atoms with Crippen LogP contribution in [0.1, 0.15) is 33.1 Å². The molecule has 5 heteroatoms. The molecule has 0 aliphatic carbocycles. The number of ether oxygens (including phenoxy) is 1. The largest absolute Gasteiger partial charge is 0.450 e. The molecule has 0 spiro atoms. The summed E-state index contributed by atoms with van der Waals surface area (Å²) in [5, 5.41) is 2.77. The van der Waals surface area contributed by atoms with Crippen molar-refractivity contribution in [3.63, 3.8) is 0 Å². The maximum absolute atomic E-state index is 11.5. The Morgan fingerprint density at radius 1 is 1.44 bits per heavy atom. The van der Waals surface area contributed by atoms with Gasteiger partial charge in [0.1, 0.15) is 0 Å². The Labute approximate surface area is 96.1 Å². The third-order valence-electron chi connectivity index (χ3n) is 2.67. The molecule has 1 heterocycles. The summed E-state index contributed by atoms with van der Waals surface area (Å²) < 4.78 is 4.81. The predicted octanol–water partition coefficient (Wildman–Crippen LogP) is 1.13. The van der Waals surface area contributed by atoms with Crippen LogP contribution in [0.2, 0.25) is 0 Å². The van der Waals surface area contributed by atoms with Crippen LogP contribution in [0.5, 0.6) is 0 Å². The molecular weight excluding hydrogens is 208 g/mol. The van der Waals surface area contributed by atoms with E-state index >= 15 is 0 Å². The zero-order chi connectivity index (χ0) is 12.0. The molecule has 5 nitrogen and oxygen atoms in total. The minimum absolute atomic E-state index is 0.0308. The number of hydrogen-bond donors (Lipinski definition) is 1. The summed E-state index contributed by atoms with van der Waals surface area (Å²) in [4.78, 5) is 24.5. The molecule has 0 unspecified atom stereocenters. The normalized spacial score (nSPS) is 20.4. The number of likely N-dealkylation sites (tertiary alicyclic amines) is 1. The molecule has 0 aromatic carbocycles. The first-order chi connectivity index (χ1) is 7.67. The van der Waals surface area contributed by atoms with Gasteiger partial charge in [0.05, 0.1) is 6.61 Å². The monoisotopic (exact) mass is 228 g/mol. The van der Waals surface area contributed by atoms with Gasteiger partial charge in [-0.1, -0.05) is 6.92 Å². The number of alkyl carbamates (subject to hydrolysis) is 1. The Hall–Kier alpha value is -1.26. The van der Waals surface area contributed by atoms with Gasteiger partial charge in [-0.15, -0.1) is 0 Å². The van der Waals surface area contributed by atoms with Gasteiger partial charge in [0.2, 0.25) is 5.91 Å². The minimum Gasteiger partial charge on any atom is -0.450 e. The van der Waals surface area contributed by atoms with E-state index in [1.807, 2.05) is 6.92 Å². The number of hydrogen-bond acceptors (Lipinski definition) is 3. The fraction of sp³-hybridized carbons (Fsp3) is 0.818. The van der Waals surface area contributed by atoms with E-state index in [9.17, 15) is 9.59 Å². The van der Waals surface area contributed by atoms with Crippen molar-refractivity contribution in [2.45, 2.75) is 39.2 Å². The van der Waals surface area contributed by atoms with Crippen molar-refractivity contribution in [1.82, 2.24) is 10.2 Å². The summed E-state index contributed by atoms with van der Waals surface area (Å²) >= 11 is 0. The van der Waals surface area contributed by atoms with E-state index in [2.05, 4.69) is 5.32 Å². The van der Waals surface area contributed by atoms with Crippen LogP contribution in [0, 0.1) is 0 Å². The molecule has 2 amide bonds. The van der Waals surface area contributed by atoms with E-state index in [0.29, 0.717) is 19.6 Å². The number of nitrogens with one attached hydrogen (secondary N) is 1. The molecular formula is C11H20N2O3. The van der Waals surface area contributed by atoms with Gasteiger partial charge < -0.3 is 15.0 Å². The molecule has 1 rings (SSSR count). The van der Waals surface area contributed by atoms with Crippen molar-refractivity contribution < 1.29 is 14.3 Å². The Balaban J connectivity index is 2.38. The number of piperidine rings is 1. The van der Waals surface area contributed by atoms with Gasteiger partial charge >= 0.3 is 6.09 Å². The van der Waals surface area contributed by atoms with E-state index < -0.39 is 6.09 Å². The van der Waals surface area contributed by atoms with Gasteiger partial charge in [-0.05, 0) is 19.8 Å². The second-order valence-electron chi connectivity index (χ2n) is 3.90. The second kappa shape index (κ2) is 6.35. The van der Waals surface area contributed by atoms with Crippen LogP contribution in [0.3, 0.4) is 0 Å². The number of rotatable bonds is 3. The zero-order valence-corrected chi connectivity index (χ0v) is 9.99. The zero-order valence-electron chi connectivity index (χ0n) is 9.99. The maximum atomic E-state index is 11.5. The SMILES string of the molecule is CCOC(=O)N[C@H]1CCCN(C(=O)CC)C1. The average molecular weight is 228 g/mol. The summed E-state index contributed by atoms with van der Waals surface area (Å²) in [5.74, 6) is 0.148. The van der Waals surface area contributed by atoms with Crippen LogP contribution in [-0.2, 0) is 9.53 Å². The lowest BCUT2D eigenvalue weighted by Crippen LogP contribution is -2.49. The predicted molar refractivity (Wildman–Crippen MR) is 60.1 cm³/mol. The Morgan fingerprint density at radius 3 is 2.81 bits per heavy atom. The third kappa shape index (κ3) is 3.72. The highest BCUT2D eigenvalue weighted by molar-refractivity contribution is 5.76. The van der Waals surface area contributed by atoms with Crippen molar-refractivity contribution >= 4 is 12.0 Å². The molecule has 0 radical (unpaired) electrons. The lowest BCUT2D eigenvalue weighted by Gasteiger charge is -2.32. The van der Waals surface area contributed by atoms with Crippen LogP contribution >= 0.6 is 0 Å². The fourth-order valence-corrected chi connectivity index (χ4v) is 1.88. The van der Waals surface area contributed by atoms with E-state index in [1.54, 1.807) is 11.8 Å². The summed E-state index contributed by atoms with van der Waals surface area (Å²) in [6.07, 6.45) is 1.97. The maximum Gasteiger partial charge on any atom is 0.407 e. The first kappa shape index (κ1) is 12.8. The third-order valence-corrected chi connectivity index (χ3v) is 2.67. The highest BCUT2D eigenvalue weighted by atomic mass is 16.5. The second-order valence-corrected chi connectivity index (χ2v) is 3.90. The molecule has 0 bridgehead atoms. The molecule has 0 aromatic rings. The first-order valence-corrected chi connectivity index (χ1v) is 5.88. The van der Waals surface area contributed by atoms with E-state index in [0.717, 1.165) is 19.4 Å². The van der Waals surface area contributed by atoms with Gasteiger partial charge in [-0.3, -0.25) is 4.79 Å². The summed E-state index contributed by atoms with van der Waals surface area (Å²) in [6, 6.07) is 0.0308. The van der Waals surface area contributed by atoms with Crippen molar-refractivity contribution in [3.05, 3.63) is 0 Å². The molecule has 0 saturated carbocycles. The van der Waals surface area contributed by atoms with E-state index in [-0.39, 0.29) is 11.9 Å². The first-order valence-electron chi connectivity index (χ1n) is 5.88. The molecule has 1 N–H and O–H groups in total. The Bertz CT molecular complexity index is 256. The van der Waals surface area contributed by atoms with Crippen LogP contribution in [0.4, 0.5) is 4.79 Å². The lowest BCUT2D eigenvalue weighted by molar-refractivity contribution is -0.132. The van der Waals surface area contributed by atoms with Crippen LogP contribution in [-0.4, -0.2) is 42.6 Å². The van der Waals surface area contributed by atoms with E-state index in [1.165, 1.54) is 0 Å². The molecule has 92 valence electrons. The summed E-state index contributed by atoms with van der Waals surface area (Å²) in [6.45, 7) is 5.40. The van der Waals surface area contributed by atoms with E-state index in [4.69, 9.17) is 4.74 Å². The molecule has 1 fully saturated rings. The molecule has 1 aliphatic rings. The topological polar surface area (TPSA) is 58.6 Å². The van der Waals surface area contributed by atoms with Gasteiger partial charge in [0, 0.05) is 25.6 Å². The number of amides is 2.